The second kappa shape index (κ2) is 5.76. The molecule has 0 aliphatic heterocycles. The van der Waals surface area contributed by atoms with Crippen LogP contribution in [-0.2, 0) is 0 Å². The highest BCUT2D eigenvalue weighted by molar-refractivity contribution is 5.56. The molecular weight excluding hydrogens is 264 g/mol. The van der Waals surface area contributed by atoms with Gasteiger partial charge in [-0.1, -0.05) is 30.3 Å². The maximum absolute atomic E-state index is 6.20. The summed E-state index contributed by atoms with van der Waals surface area (Å²) in [6, 6.07) is 17.1. The van der Waals surface area contributed by atoms with Gasteiger partial charge in [0.15, 0.2) is 5.82 Å². The summed E-state index contributed by atoms with van der Waals surface area (Å²) < 4.78 is 5.14. The number of hydrogen-bond acceptors (Lipinski definition) is 4. The number of aromatic nitrogens is 3. The van der Waals surface area contributed by atoms with Gasteiger partial charge in [-0.15, -0.1) is 0 Å². The maximum atomic E-state index is 6.20. The maximum Gasteiger partial charge on any atom is 0.181 e. The lowest BCUT2D eigenvalue weighted by molar-refractivity contribution is 0.415. The van der Waals surface area contributed by atoms with Crippen LogP contribution in [0.3, 0.4) is 0 Å². The molecule has 5 heteroatoms. The lowest BCUT2D eigenvalue weighted by Crippen LogP contribution is -2.13. The molecule has 3 N–H and O–H groups in total. The first-order valence-corrected chi connectivity index (χ1v) is 6.65. The zero-order valence-corrected chi connectivity index (χ0v) is 11.7. The van der Waals surface area contributed by atoms with E-state index in [1.807, 2.05) is 54.6 Å². The van der Waals surface area contributed by atoms with Gasteiger partial charge in [0.05, 0.1) is 13.2 Å². The minimum atomic E-state index is -0.314. The number of rotatable bonds is 4. The molecule has 0 aliphatic rings. The van der Waals surface area contributed by atoms with Crippen molar-refractivity contribution >= 4 is 0 Å². The zero-order chi connectivity index (χ0) is 14.7. The first-order valence-electron chi connectivity index (χ1n) is 6.65. The van der Waals surface area contributed by atoms with E-state index in [1.54, 1.807) is 7.11 Å². The molecule has 2 aromatic carbocycles. The summed E-state index contributed by atoms with van der Waals surface area (Å²) in [6.07, 6.45) is 0. The monoisotopic (exact) mass is 280 g/mol. The number of hydrogen-bond donors (Lipinski definition) is 2. The Labute approximate surface area is 122 Å². The Morgan fingerprint density at radius 1 is 1.05 bits per heavy atom. The van der Waals surface area contributed by atoms with E-state index in [9.17, 15) is 0 Å². The first-order chi connectivity index (χ1) is 10.3. The second-order valence-electron chi connectivity index (χ2n) is 4.66. The van der Waals surface area contributed by atoms with Gasteiger partial charge in [-0.25, -0.2) is 4.98 Å². The first kappa shape index (κ1) is 13.3. The van der Waals surface area contributed by atoms with E-state index in [0.717, 1.165) is 16.9 Å². The molecule has 0 amide bonds. The van der Waals surface area contributed by atoms with Gasteiger partial charge in [0.25, 0.3) is 0 Å². The summed E-state index contributed by atoms with van der Waals surface area (Å²) in [6.45, 7) is 0. The van der Waals surface area contributed by atoms with Crippen molar-refractivity contribution in [3.63, 3.8) is 0 Å². The lowest BCUT2D eigenvalue weighted by atomic mass is 10.1. The van der Waals surface area contributed by atoms with Crippen LogP contribution in [0.5, 0.6) is 5.75 Å². The number of aromatic amines is 1. The van der Waals surface area contributed by atoms with Crippen LogP contribution >= 0.6 is 0 Å². The summed E-state index contributed by atoms with van der Waals surface area (Å²) in [5.41, 5.74) is 8.11. The highest BCUT2D eigenvalue weighted by Crippen LogP contribution is 2.21. The highest BCUT2D eigenvalue weighted by atomic mass is 16.5. The molecule has 1 aromatic heterocycles. The molecule has 5 nitrogen and oxygen atoms in total. The van der Waals surface area contributed by atoms with Crippen LogP contribution in [0.1, 0.15) is 17.4 Å². The van der Waals surface area contributed by atoms with Crippen molar-refractivity contribution in [2.24, 2.45) is 5.73 Å². The normalized spacial score (nSPS) is 12.1. The fourth-order valence-electron chi connectivity index (χ4n) is 2.10. The molecule has 21 heavy (non-hydrogen) atoms. The largest absolute Gasteiger partial charge is 0.497 e. The molecule has 0 aliphatic carbocycles. The lowest BCUT2D eigenvalue weighted by Gasteiger charge is -2.07. The van der Waals surface area contributed by atoms with E-state index >= 15 is 0 Å². The Bertz CT molecular complexity index is 707. The van der Waals surface area contributed by atoms with Gasteiger partial charge in [-0.05, 0) is 29.8 Å². The molecule has 0 bridgehead atoms. The summed E-state index contributed by atoms with van der Waals surface area (Å²) in [4.78, 5) is 4.48. The number of H-pyrrole nitrogens is 1. The molecule has 3 rings (SSSR count). The minimum absolute atomic E-state index is 0.314. The quantitative estimate of drug-likeness (QED) is 0.770. The number of nitrogens with zero attached hydrogens (tertiary/aromatic N) is 2. The molecule has 0 spiro atoms. The van der Waals surface area contributed by atoms with Gasteiger partial charge in [-0.3, -0.25) is 5.10 Å². The Hall–Kier alpha value is -2.66. The Kier molecular flexibility index (Phi) is 3.66. The number of ether oxygens (including phenoxy) is 1. The predicted octanol–water partition coefficient (Wildman–Crippen LogP) is 2.53. The van der Waals surface area contributed by atoms with E-state index in [2.05, 4.69) is 15.2 Å². The Balaban J connectivity index is 1.85. The van der Waals surface area contributed by atoms with Crippen molar-refractivity contribution in [3.05, 3.63) is 66.0 Å². The van der Waals surface area contributed by atoms with Crippen LogP contribution in [0, 0.1) is 0 Å². The van der Waals surface area contributed by atoms with Crippen LogP contribution in [0.4, 0.5) is 0 Å². The standard InChI is InChI=1S/C16H16N4O/c1-21-13-9-7-12(8-10-13)15-18-16(20-19-15)14(17)11-5-3-2-4-6-11/h2-10,14H,17H2,1H3,(H,18,19,20)/t14-/m0/s1. The van der Waals surface area contributed by atoms with Gasteiger partial charge >= 0.3 is 0 Å². The molecular formula is C16H16N4O. The van der Waals surface area contributed by atoms with Crippen LogP contribution < -0.4 is 10.5 Å². The number of nitrogens with one attached hydrogen (secondary N) is 1. The summed E-state index contributed by atoms with van der Waals surface area (Å²) in [5, 5.41) is 7.15. The molecule has 0 radical (unpaired) electrons. The molecule has 0 unspecified atom stereocenters. The van der Waals surface area contributed by atoms with Gasteiger partial charge in [0.2, 0.25) is 0 Å². The van der Waals surface area contributed by atoms with Crippen LogP contribution in [0.15, 0.2) is 54.6 Å². The molecule has 0 saturated carbocycles. The summed E-state index contributed by atoms with van der Waals surface area (Å²) in [5.74, 6) is 2.07. The Morgan fingerprint density at radius 2 is 1.76 bits per heavy atom. The van der Waals surface area contributed by atoms with Crippen LogP contribution in [0.2, 0.25) is 0 Å². The molecule has 0 saturated heterocycles. The van der Waals surface area contributed by atoms with Crippen molar-refractivity contribution in [3.8, 4) is 17.1 Å². The third kappa shape index (κ3) is 2.78. The van der Waals surface area contributed by atoms with Crippen LogP contribution in [-0.4, -0.2) is 22.3 Å². The van der Waals surface area contributed by atoms with Gasteiger partial charge in [-0.2, -0.15) is 5.10 Å². The van der Waals surface area contributed by atoms with E-state index in [1.165, 1.54) is 0 Å². The van der Waals surface area contributed by atoms with Crippen molar-refractivity contribution in [1.29, 1.82) is 0 Å². The van der Waals surface area contributed by atoms with Crippen molar-refractivity contribution in [2.75, 3.05) is 7.11 Å². The van der Waals surface area contributed by atoms with E-state index < -0.39 is 0 Å². The topological polar surface area (TPSA) is 76.8 Å². The van der Waals surface area contributed by atoms with Gasteiger partial charge in [0, 0.05) is 5.56 Å². The predicted molar refractivity (Wildman–Crippen MR) is 80.8 cm³/mol. The third-order valence-electron chi connectivity index (χ3n) is 3.30. The molecule has 0 fully saturated rings. The SMILES string of the molecule is COc1ccc(-c2n[nH]c([C@@H](N)c3ccccc3)n2)cc1. The average Bonchev–Trinajstić information content (AvgIpc) is 3.05. The number of nitrogens with two attached hydrogens (primary N) is 1. The minimum Gasteiger partial charge on any atom is -0.497 e. The second-order valence-corrected chi connectivity index (χ2v) is 4.66. The van der Waals surface area contributed by atoms with Crippen LogP contribution in [0.25, 0.3) is 11.4 Å². The molecule has 106 valence electrons. The number of benzene rings is 2. The zero-order valence-electron chi connectivity index (χ0n) is 11.7. The van der Waals surface area contributed by atoms with Crippen molar-refractivity contribution in [1.82, 2.24) is 15.2 Å². The smallest absolute Gasteiger partial charge is 0.181 e. The van der Waals surface area contributed by atoms with Gasteiger partial charge < -0.3 is 10.5 Å². The summed E-state index contributed by atoms with van der Waals surface area (Å²) >= 11 is 0. The van der Waals surface area contributed by atoms with Crippen molar-refractivity contribution in [2.45, 2.75) is 6.04 Å². The average molecular weight is 280 g/mol. The fraction of sp³-hybridized carbons (Fsp3) is 0.125. The molecule has 1 heterocycles. The van der Waals surface area contributed by atoms with E-state index in [-0.39, 0.29) is 6.04 Å². The fourth-order valence-corrected chi connectivity index (χ4v) is 2.10. The number of methoxy groups -OCH3 is 1. The highest BCUT2D eigenvalue weighted by Gasteiger charge is 2.14. The Morgan fingerprint density at radius 3 is 2.43 bits per heavy atom. The van der Waals surface area contributed by atoms with E-state index in [0.29, 0.717) is 11.6 Å². The van der Waals surface area contributed by atoms with E-state index in [4.69, 9.17) is 10.5 Å². The molecule has 3 aromatic rings. The van der Waals surface area contributed by atoms with Crippen molar-refractivity contribution < 1.29 is 4.74 Å². The third-order valence-corrected chi connectivity index (χ3v) is 3.30. The summed E-state index contributed by atoms with van der Waals surface area (Å²) in [7, 11) is 1.64. The van der Waals surface area contributed by atoms with Gasteiger partial charge in [0.1, 0.15) is 11.6 Å². The molecule has 1 atom stereocenters.